The van der Waals surface area contributed by atoms with Crippen molar-refractivity contribution in [2.45, 2.75) is 38.1 Å². The molecule has 0 saturated heterocycles. The van der Waals surface area contributed by atoms with Crippen LogP contribution in [0.25, 0.3) is 0 Å². The molecular formula is C16H22NO+. The number of rotatable bonds is 2. The van der Waals surface area contributed by atoms with Crippen LogP contribution >= 0.6 is 0 Å². The molecule has 18 heavy (non-hydrogen) atoms. The molecule has 1 atom stereocenters. The zero-order valence-electron chi connectivity index (χ0n) is 11.1. The Hall–Kier alpha value is -1.28. The quantitative estimate of drug-likeness (QED) is 0.795. The van der Waals surface area contributed by atoms with Crippen molar-refractivity contribution in [2.24, 2.45) is 0 Å². The van der Waals surface area contributed by atoms with Gasteiger partial charge in [0.25, 0.3) is 0 Å². The summed E-state index contributed by atoms with van der Waals surface area (Å²) in [7, 11) is 1.73. The first-order valence-electron chi connectivity index (χ1n) is 7.06. The second kappa shape index (κ2) is 5.15. The van der Waals surface area contributed by atoms with Gasteiger partial charge in [-0.3, -0.25) is 0 Å². The van der Waals surface area contributed by atoms with Gasteiger partial charge in [-0.1, -0.05) is 5.57 Å². The molecule has 2 N–H and O–H groups in total. The molecule has 0 radical (unpaired) electrons. The average molecular weight is 244 g/mol. The zero-order chi connectivity index (χ0) is 12.4. The molecule has 1 heterocycles. The van der Waals surface area contributed by atoms with Crippen LogP contribution in [0.3, 0.4) is 0 Å². The summed E-state index contributed by atoms with van der Waals surface area (Å²) < 4.78 is 5.24. The van der Waals surface area contributed by atoms with E-state index in [1.165, 1.54) is 44.2 Å². The minimum absolute atomic E-state index is 0.569. The summed E-state index contributed by atoms with van der Waals surface area (Å²) in [4.78, 5) is 0. The molecule has 1 aromatic rings. The van der Waals surface area contributed by atoms with Crippen molar-refractivity contribution in [3.05, 3.63) is 41.0 Å². The van der Waals surface area contributed by atoms with Gasteiger partial charge in [0.2, 0.25) is 0 Å². The third kappa shape index (κ3) is 2.17. The highest BCUT2D eigenvalue weighted by Gasteiger charge is 2.28. The first-order chi connectivity index (χ1) is 8.88. The first kappa shape index (κ1) is 11.8. The molecule has 2 aliphatic rings. The largest absolute Gasteiger partial charge is 0.497 e. The Morgan fingerprint density at radius 1 is 1.06 bits per heavy atom. The Kier molecular flexibility index (Phi) is 3.37. The molecule has 0 spiro atoms. The van der Waals surface area contributed by atoms with Crippen LogP contribution in [0.2, 0.25) is 0 Å². The monoisotopic (exact) mass is 244 g/mol. The summed E-state index contributed by atoms with van der Waals surface area (Å²) in [5.74, 6) is 0.951. The van der Waals surface area contributed by atoms with Gasteiger partial charge in [-0.15, -0.1) is 0 Å². The maximum Gasteiger partial charge on any atom is 0.134 e. The van der Waals surface area contributed by atoms with Gasteiger partial charge in [0.15, 0.2) is 0 Å². The van der Waals surface area contributed by atoms with E-state index in [0.29, 0.717) is 6.04 Å². The molecule has 1 aliphatic heterocycles. The van der Waals surface area contributed by atoms with E-state index in [2.05, 4.69) is 29.6 Å². The lowest BCUT2D eigenvalue weighted by Crippen LogP contribution is -2.87. The van der Waals surface area contributed by atoms with Crippen molar-refractivity contribution in [2.75, 3.05) is 13.7 Å². The predicted molar refractivity (Wildman–Crippen MR) is 72.6 cm³/mol. The van der Waals surface area contributed by atoms with E-state index in [4.69, 9.17) is 4.74 Å². The number of ether oxygens (including phenoxy) is 1. The van der Waals surface area contributed by atoms with Crippen LogP contribution in [0, 0.1) is 0 Å². The summed E-state index contributed by atoms with van der Waals surface area (Å²) in [5, 5.41) is 2.51. The molecule has 0 unspecified atom stereocenters. The fourth-order valence-corrected chi connectivity index (χ4v) is 3.37. The molecule has 0 aromatic heterocycles. The molecule has 0 amide bonds. The van der Waals surface area contributed by atoms with Crippen molar-refractivity contribution >= 4 is 0 Å². The van der Waals surface area contributed by atoms with Gasteiger partial charge in [0.1, 0.15) is 11.8 Å². The Morgan fingerprint density at radius 3 is 2.61 bits per heavy atom. The molecule has 96 valence electrons. The first-order valence-corrected chi connectivity index (χ1v) is 7.06. The summed E-state index contributed by atoms with van der Waals surface area (Å²) in [6, 6.07) is 9.19. The molecule has 2 nitrogen and oxygen atoms in total. The Morgan fingerprint density at radius 2 is 1.83 bits per heavy atom. The van der Waals surface area contributed by atoms with Crippen LogP contribution in [-0.4, -0.2) is 13.7 Å². The fourth-order valence-electron chi connectivity index (χ4n) is 3.37. The maximum atomic E-state index is 5.24. The fraction of sp³-hybridized carbons (Fsp3) is 0.500. The molecule has 0 saturated carbocycles. The summed E-state index contributed by atoms with van der Waals surface area (Å²) in [5.41, 5.74) is 4.91. The highest BCUT2D eigenvalue weighted by Crippen LogP contribution is 2.35. The number of nitrogens with two attached hydrogens (primary N) is 1. The average Bonchev–Trinajstić information content (AvgIpc) is 2.47. The van der Waals surface area contributed by atoms with Crippen LogP contribution in [0.1, 0.15) is 43.7 Å². The maximum absolute atomic E-state index is 5.24. The number of hydrogen-bond acceptors (Lipinski definition) is 1. The van der Waals surface area contributed by atoms with Gasteiger partial charge in [0, 0.05) is 12.0 Å². The highest BCUT2D eigenvalue weighted by molar-refractivity contribution is 5.34. The van der Waals surface area contributed by atoms with Gasteiger partial charge in [0.05, 0.1) is 13.7 Å². The third-order valence-electron chi connectivity index (χ3n) is 4.33. The minimum Gasteiger partial charge on any atom is -0.497 e. The molecule has 0 bridgehead atoms. The van der Waals surface area contributed by atoms with E-state index in [1.54, 1.807) is 18.3 Å². The van der Waals surface area contributed by atoms with Crippen molar-refractivity contribution < 1.29 is 10.1 Å². The van der Waals surface area contributed by atoms with E-state index in [0.717, 1.165) is 5.75 Å². The van der Waals surface area contributed by atoms with E-state index in [1.807, 2.05) is 0 Å². The Balaban J connectivity index is 1.89. The lowest BCUT2D eigenvalue weighted by molar-refractivity contribution is -0.690. The molecule has 1 aromatic carbocycles. The van der Waals surface area contributed by atoms with Crippen molar-refractivity contribution in [3.8, 4) is 5.75 Å². The van der Waals surface area contributed by atoms with Crippen LogP contribution in [-0.2, 0) is 0 Å². The standard InChI is InChI=1S/C16H21NO/c1-18-14-8-6-13(7-9-14)16-15-5-3-2-4-12(15)10-11-17-16/h6-9,16-17H,2-5,10-11H2,1H3/p+1/t16-/m0/s1. The lowest BCUT2D eigenvalue weighted by Gasteiger charge is -2.30. The second-order valence-electron chi connectivity index (χ2n) is 5.36. The number of methoxy groups -OCH3 is 1. The Bertz CT molecular complexity index is 443. The van der Waals surface area contributed by atoms with Crippen LogP contribution in [0.4, 0.5) is 0 Å². The smallest absolute Gasteiger partial charge is 0.134 e. The van der Waals surface area contributed by atoms with E-state index in [-0.39, 0.29) is 0 Å². The van der Waals surface area contributed by atoms with Crippen LogP contribution < -0.4 is 10.1 Å². The Labute approximate surface area is 109 Å². The number of benzene rings is 1. The molecule has 3 rings (SSSR count). The molecular weight excluding hydrogens is 222 g/mol. The van der Waals surface area contributed by atoms with Crippen molar-refractivity contribution in [3.63, 3.8) is 0 Å². The zero-order valence-corrected chi connectivity index (χ0v) is 11.1. The van der Waals surface area contributed by atoms with Crippen LogP contribution in [0.15, 0.2) is 35.4 Å². The highest BCUT2D eigenvalue weighted by atomic mass is 16.5. The summed E-state index contributed by atoms with van der Waals surface area (Å²) >= 11 is 0. The predicted octanol–water partition coefficient (Wildman–Crippen LogP) is 2.57. The molecule has 1 aliphatic carbocycles. The van der Waals surface area contributed by atoms with Gasteiger partial charge in [-0.05, 0) is 55.5 Å². The SMILES string of the molecule is COc1ccc([C@@H]2[NH2+]CCC3=C2CCCC3)cc1. The summed E-state index contributed by atoms with van der Waals surface area (Å²) in [6.45, 7) is 1.25. The van der Waals surface area contributed by atoms with Crippen molar-refractivity contribution in [1.82, 2.24) is 0 Å². The minimum atomic E-state index is 0.569. The normalized spacial score (nSPS) is 23.7. The summed E-state index contributed by atoms with van der Waals surface area (Å²) in [6.07, 6.45) is 6.73. The lowest BCUT2D eigenvalue weighted by atomic mass is 9.81. The van der Waals surface area contributed by atoms with Gasteiger partial charge in [-0.2, -0.15) is 0 Å². The number of quaternary nitrogens is 1. The van der Waals surface area contributed by atoms with E-state index in [9.17, 15) is 0 Å². The number of hydrogen-bond donors (Lipinski definition) is 1. The third-order valence-corrected chi connectivity index (χ3v) is 4.33. The topological polar surface area (TPSA) is 25.8 Å². The second-order valence-corrected chi connectivity index (χ2v) is 5.36. The molecule has 2 heteroatoms. The van der Waals surface area contributed by atoms with Gasteiger partial charge < -0.3 is 10.1 Å². The molecule has 0 fully saturated rings. The van der Waals surface area contributed by atoms with Crippen LogP contribution in [0.5, 0.6) is 5.75 Å². The van der Waals surface area contributed by atoms with E-state index < -0.39 is 0 Å². The van der Waals surface area contributed by atoms with E-state index >= 15 is 0 Å². The van der Waals surface area contributed by atoms with Gasteiger partial charge >= 0.3 is 0 Å². The van der Waals surface area contributed by atoms with Gasteiger partial charge in [-0.25, -0.2) is 0 Å². The van der Waals surface area contributed by atoms with Crippen molar-refractivity contribution in [1.29, 1.82) is 0 Å².